The summed E-state index contributed by atoms with van der Waals surface area (Å²) in [4.78, 5) is 8.60. The van der Waals surface area contributed by atoms with Gasteiger partial charge in [0.1, 0.15) is 4.38 Å². The minimum absolute atomic E-state index is 0.492. The van der Waals surface area contributed by atoms with Gasteiger partial charge in [-0.3, -0.25) is 4.99 Å². The second-order valence-corrected chi connectivity index (χ2v) is 5.58. The third-order valence-corrected chi connectivity index (χ3v) is 4.32. The quantitative estimate of drug-likeness (QED) is 0.851. The first kappa shape index (κ1) is 10.9. The van der Waals surface area contributed by atoms with Crippen LogP contribution in [0.5, 0.6) is 0 Å². The van der Waals surface area contributed by atoms with Crippen molar-refractivity contribution in [1.82, 2.24) is 10.1 Å². The first-order valence-corrected chi connectivity index (χ1v) is 7.05. The summed E-state index contributed by atoms with van der Waals surface area (Å²) in [5.74, 6) is 3.43. The molecule has 0 bridgehead atoms. The van der Waals surface area contributed by atoms with Crippen LogP contribution in [0, 0.1) is 0 Å². The lowest BCUT2D eigenvalue weighted by Gasteiger charge is -1.93. The van der Waals surface area contributed by atoms with Gasteiger partial charge in [0.05, 0.1) is 18.6 Å². The molecule has 0 saturated heterocycles. The highest BCUT2D eigenvalue weighted by Gasteiger charge is 2.13. The van der Waals surface area contributed by atoms with E-state index in [1.54, 1.807) is 41.9 Å². The lowest BCUT2D eigenvalue weighted by molar-refractivity contribution is 0.390. The molecule has 1 aliphatic rings. The minimum atomic E-state index is 0.492. The molecular weight excluding hydrogens is 258 g/mol. The first-order chi connectivity index (χ1) is 8.42. The first-order valence-electron chi connectivity index (χ1n) is 5.08. The Morgan fingerprint density at radius 2 is 2.47 bits per heavy atom. The van der Waals surface area contributed by atoms with Crippen molar-refractivity contribution in [2.45, 2.75) is 5.75 Å². The maximum absolute atomic E-state index is 5.19. The monoisotopic (exact) mass is 267 g/mol. The van der Waals surface area contributed by atoms with E-state index in [4.69, 9.17) is 8.94 Å². The van der Waals surface area contributed by atoms with E-state index in [0.717, 1.165) is 16.7 Å². The van der Waals surface area contributed by atoms with E-state index in [9.17, 15) is 0 Å². The third kappa shape index (κ3) is 2.55. The summed E-state index contributed by atoms with van der Waals surface area (Å²) in [6.45, 7) is 0.911. The highest BCUT2D eigenvalue weighted by molar-refractivity contribution is 8.38. The van der Waals surface area contributed by atoms with Crippen molar-refractivity contribution in [3.63, 3.8) is 0 Å². The summed E-state index contributed by atoms with van der Waals surface area (Å²) in [6.07, 6.45) is 1.59. The highest BCUT2D eigenvalue weighted by Crippen LogP contribution is 2.25. The van der Waals surface area contributed by atoms with E-state index < -0.39 is 0 Å². The molecule has 0 aliphatic carbocycles. The van der Waals surface area contributed by atoms with E-state index in [0.29, 0.717) is 23.2 Å². The molecule has 0 unspecified atom stereocenters. The average molecular weight is 267 g/mol. The van der Waals surface area contributed by atoms with E-state index in [1.165, 1.54) is 0 Å². The second-order valence-electron chi connectivity index (χ2n) is 3.27. The molecule has 2 aromatic rings. The van der Waals surface area contributed by atoms with Crippen LogP contribution in [-0.2, 0) is 5.75 Å². The molecule has 0 amide bonds. The molecule has 0 fully saturated rings. The van der Waals surface area contributed by atoms with Gasteiger partial charge < -0.3 is 8.94 Å². The highest BCUT2D eigenvalue weighted by atomic mass is 32.2. The number of thioether (sulfide) groups is 2. The molecule has 7 heteroatoms. The molecule has 0 saturated carbocycles. The molecule has 0 atom stereocenters. The van der Waals surface area contributed by atoms with Crippen molar-refractivity contribution in [2.24, 2.45) is 4.99 Å². The number of hydrogen-bond acceptors (Lipinski definition) is 7. The summed E-state index contributed by atoms with van der Waals surface area (Å²) in [6, 6.07) is 3.60. The Morgan fingerprint density at radius 3 is 3.24 bits per heavy atom. The fourth-order valence-corrected chi connectivity index (χ4v) is 3.19. The van der Waals surface area contributed by atoms with Crippen LogP contribution in [0.4, 0.5) is 0 Å². The molecule has 2 aromatic heterocycles. The Kier molecular flexibility index (Phi) is 3.19. The predicted octanol–water partition coefficient (Wildman–Crippen LogP) is 2.67. The molecule has 3 rings (SSSR count). The molecular formula is C10H9N3O2S2. The number of nitrogens with zero attached hydrogens (tertiary/aromatic N) is 3. The van der Waals surface area contributed by atoms with Crippen molar-refractivity contribution in [1.29, 1.82) is 0 Å². The number of aliphatic imine (C=N–C) groups is 1. The van der Waals surface area contributed by atoms with Crippen LogP contribution in [-0.4, -0.2) is 26.8 Å². The normalized spacial score (nSPS) is 15.2. The maximum atomic E-state index is 5.19. The zero-order valence-electron chi connectivity index (χ0n) is 8.83. The number of furan rings is 1. The molecule has 17 heavy (non-hydrogen) atoms. The molecule has 0 aromatic carbocycles. The fourth-order valence-electron chi connectivity index (χ4n) is 1.35. The largest absolute Gasteiger partial charge is 0.461 e. The van der Waals surface area contributed by atoms with Crippen molar-refractivity contribution in [2.75, 3.05) is 12.3 Å². The van der Waals surface area contributed by atoms with Gasteiger partial charge in [0.15, 0.2) is 5.76 Å². The van der Waals surface area contributed by atoms with Gasteiger partial charge >= 0.3 is 0 Å². The zero-order chi connectivity index (χ0) is 11.5. The number of rotatable bonds is 3. The number of aromatic nitrogens is 2. The fraction of sp³-hybridized carbons (Fsp3) is 0.300. The van der Waals surface area contributed by atoms with Gasteiger partial charge in [0.2, 0.25) is 11.7 Å². The molecule has 0 spiro atoms. The Balaban J connectivity index is 1.64. The average Bonchev–Trinajstić information content (AvgIpc) is 3.09. The third-order valence-electron chi connectivity index (χ3n) is 2.09. The Morgan fingerprint density at radius 1 is 1.47 bits per heavy atom. The number of hydrogen-bond donors (Lipinski definition) is 0. The van der Waals surface area contributed by atoms with Crippen LogP contribution in [0.25, 0.3) is 11.6 Å². The van der Waals surface area contributed by atoms with Crippen molar-refractivity contribution >= 4 is 27.9 Å². The van der Waals surface area contributed by atoms with Crippen LogP contribution >= 0.6 is 23.5 Å². The van der Waals surface area contributed by atoms with Gasteiger partial charge in [-0.2, -0.15) is 4.98 Å². The zero-order valence-corrected chi connectivity index (χ0v) is 10.5. The molecule has 5 nitrogen and oxygen atoms in total. The van der Waals surface area contributed by atoms with E-state index in [1.807, 2.05) is 0 Å². The summed E-state index contributed by atoms with van der Waals surface area (Å²) in [5, 5.41) is 3.86. The second kappa shape index (κ2) is 4.97. The van der Waals surface area contributed by atoms with Gasteiger partial charge in [-0.25, -0.2) is 0 Å². The van der Waals surface area contributed by atoms with Crippen LogP contribution in [0.2, 0.25) is 0 Å². The summed E-state index contributed by atoms with van der Waals surface area (Å²) in [5.41, 5.74) is 0. The summed E-state index contributed by atoms with van der Waals surface area (Å²) in [7, 11) is 0. The summed E-state index contributed by atoms with van der Waals surface area (Å²) < 4.78 is 11.4. The van der Waals surface area contributed by atoms with Crippen LogP contribution in [0.1, 0.15) is 5.89 Å². The topological polar surface area (TPSA) is 64.4 Å². The van der Waals surface area contributed by atoms with Crippen LogP contribution < -0.4 is 0 Å². The standard InChI is InChI=1S/C10H9N3O2S2/c1-2-7(14-4-1)9-12-8(15-13-9)6-17-10-11-3-5-16-10/h1-2,4H,3,5-6H2. The van der Waals surface area contributed by atoms with Crippen molar-refractivity contribution < 1.29 is 8.94 Å². The van der Waals surface area contributed by atoms with E-state index >= 15 is 0 Å². The van der Waals surface area contributed by atoms with Gasteiger partial charge in [0.25, 0.3) is 0 Å². The van der Waals surface area contributed by atoms with Gasteiger partial charge in [-0.05, 0) is 12.1 Å². The SMILES string of the molecule is c1coc(-c2noc(CSC3=NCCS3)n2)c1. The van der Waals surface area contributed by atoms with Gasteiger partial charge in [0, 0.05) is 5.75 Å². The van der Waals surface area contributed by atoms with Crippen molar-refractivity contribution in [3.05, 3.63) is 24.3 Å². The lowest BCUT2D eigenvalue weighted by Crippen LogP contribution is -1.85. The molecule has 0 N–H and O–H groups in total. The van der Waals surface area contributed by atoms with E-state index in [-0.39, 0.29) is 0 Å². The van der Waals surface area contributed by atoms with Crippen molar-refractivity contribution in [3.8, 4) is 11.6 Å². The van der Waals surface area contributed by atoms with E-state index in [2.05, 4.69) is 15.1 Å². The maximum Gasteiger partial charge on any atom is 0.238 e. The van der Waals surface area contributed by atoms with Crippen LogP contribution in [0.15, 0.2) is 32.3 Å². The molecule has 88 valence electrons. The molecule has 1 aliphatic heterocycles. The van der Waals surface area contributed by atoms with Gasteiger partial charge in [-0.15, -0.1) is 0 Å². The smallest absolute Gasteiger partial charge is 0.238 e. The Labute approximate surface area is 106 Å². The molecule has 0 radical (unpaired) electrons. The van der Waals surface area contributed by atoms with Crippen LogP contribution in [0.3, 0.4) is 0 Å². The molecule has 3 heterocycles. The minimum Gasteiger partial charge on any atom is -0.461 e. The summed E-state index contributed by atoms with van der Waals surface area (Å²) >= 11 is 3.40. The Hall–Kier alpha value is -1.21. The predicted molar refractivity (Wildman–Crippen MR) is 68.1 cm³/mol. The lowest BCUT2D eigenvalue weighted by atomic mass is 10.4. The van der Waals surface area contributed by atoms with Gasteiger partial charge in [-0.1, -0.05) is 28.7 Å². The Bertz CT molecular complexity index is 521.